The van der Waals surface area contributed by atoms with Crippen molar-refractivity contribution in [2.75, 3.05) is 0 Å². The van der Waals surface area contributed by atoms with Crippen molar-refractivity contribution < 1.29 is 14.6 Å². The number of carboxylic acid groups (broad SMARTS) is 1. The van der Waals surface area contributed by atoms with Gasteiger partial charge < -0.3 is 9.84 Å². The van der Waals surface area contributed by atoms with E-state index in [1.54, 1.807) is 0 Å². The normalized spacial score (nSPS) is 20.2. The number of ether oxygens (including phenoxy) is 1. The molecule has 0 spiro atoms. The summed E-state index contributed by atoms with van der Waals surface area (Å²) in [7, 11) is 0. The SMILES string of the molecule is CCCCC/C=C\CCCC[C@H]1O[C@H]1CCCCCCC(=O)O. The molecule has 0 bridgehead atoms. The van der Waals surface area contributed by atoms with E-state index in [1.165, 1.54) is 57.8 Å². The van der Waals surface area contributed by atoms with E-state index in [-0.39, 0.29) is 0 Å². The summed E-state index contributed by atoms with van der Waals surface area (Å²) in [6.45, 7) is 2.25. The first-order valence-corrected chi connectivity index (χ1v) is 9.76. The monoisotopic (exact) mass is 324 g/mol. The van der Waals surface area contributed by atoms with E-state index in [2.05, 4.69) is 19.1 Å². The van der Waals surface area contributed by atoms with E-state index in [1.807, 2.05) is 0 Å². The zero-order valence-electron chi connectivity index (χ0n) is 15.0. The molecule has 1 fully saturated rings. The Morgan fingerprint density at radius 2 is 1.43 bits per heavy atom. The van der Waals surface area contributed by atoms with Crippen LogP contribution in [0.5, 0.6) is 0 Å². The summed E-state index contributed by atoms with van der Waals surface area (Å²) in [5.74, 6) is -0.675. The van der Waals surface area contributed by atoms with Crippen molar-refractivity contribution in [2.45, 2.75) is 109 Å². The lowest BCUT2D eigenvalue weighted by Crippen LogP contribution is -1.96. The predicted molar refractivity (Wildman–Crippen MR) is 95.7 cm³/mol. The summed E-state index contributed by atoms with van der Waals surface area (Å²) >= 11 is 0. The van der Waals surface area contributed by atoms with E-state index >= 15 is 0 Å². The van der Waals surface area contributed by atoms with Gasteiger partial charge in [0.1, 0.15) is 0 Å². The maximum Gasteiger partial charge on any atom is 0.303 e. The summed E-state index contributed by atoms with van der Waals surface area (Å²) in [5, 5.41) is 8.56. The number of hydrogen-bond acceptors (Lipinski definition) is 2. The fraction of sp³-hybridized carbons (Fsp3) is 0.850. The zero-order valence-corrected chi connectivity index (χ0v) is 15.0. The van der Waals surface area contributed by atoms with Gasteiger partial charge in [-0.1, -0.05) is 57.6 Å². The molecule has 0 aromatic carbocycles. The molecule has 1 saturated heterocycles. The molecule has 0 aromatic heterocycles. The van der Waals surface area contributed by atoms with Crippen molar-refractivity contribution in [1.29, 1.82) is 0 Å². The third-order valence-electron chi connectivity index (χ3n) is 4.57. The minimum Gasteiger partial charge on any atom is -0.481 e. The lowest BCUT2D eigenvalue weighted by Gasteiger charge is -1.98. The molecule has 0 saturated carbocycles. The van der Waals surface area contributed by atoms with Crippen LogP contribution in [0.3, 0.4) is 0 Å². The number of rotatable bonds is 16. The molecule has 1 aliphatic heterocycles. The van der Waals surface area contributed by atoms with Gasteiger partial charge in [-0.25, -0.2) is 0 Å². The van der Waals surface area contributed by atoms with Gasteiger partial charge in [0.15, 0.2) is 0 Å². The van der Waals surface area contributed by atoms with Crippen LogP contribution >= 0.6 is 0 Å². The standard InChI is InChI=1S/C20H36O3/c1-2-3-4-5-6-7-8-9-12-15-18-19(23-18)16-13-10-11-14-17-20(21)22/h6-7,18-19H,2-5,8-17H2,1H3,(H,21,22)/b7-6-/t18-,19+/m1/s1. The fourth-order valence-electron chi connectivity index (χ4n) is 3.02. The third kappa shape index (κ3) is 12.3. The molecular weight excluding hydrogens is 288 g/mol. The Labute approximate surface area is 142 Å². The van der Waals surface area contributed by atoms with E-state index < -0.39 is 5.97 Å². The van der Waals surface area contributed by atoms with Crippen LogP contribution in [-0.4, -0.2) is 23.3 Å². The molecule has 23 heavy (non-hydrogen) atoms. The summed E-state index contributed by atoms with van der Waals surface area (Å²) in [6.07, 6.45) is 21.6. The van der Waals surface area contributed by atoms with Crippen LogP contribution in [-0.2, 0) is 9.53 Å². The molecule has 1 aliphatic rings. The Morgan fingerprint density at radius 3 is 2.04 bits per heavy atom. The van der Waals surface area contributed by atoms with Crippen molar-refractivity contribution in [1.82, 2.24) is 0 Å². The number of allylic oxidation sites excluding steroid dienone is 2. The van der Waals surface area contributed by atoms with Gasteiger partial charge in [0.25, 0.3) is 0 Å². The van der Waals surface area contributed by atoms with Gasteiger partial charge in [-0.05, 0) is 44.9 Å². The third-order valence-corrected chi connectivity index (χ3v) is 4.57. The van der Waals surface area contributed by atoms with Gasteiger partial charge in [0.05, 0.1) is 12.2 Å². The lowest BCUT2D eigenvalue weighted by atomic mass is 10.0. The van der Waals surface area contributed by atoms with Gasteiger partial charge in [0.2, 0.25) is 0 Å². The second-order valence-electron chi connectivity index (χ2n) is 6.81. The van der Waals surface area contributed by atoms with Gasteiger partial charge in [-0.15, -0.1) is 0 Å². The quantitative estimate of drug-likeness (QED) is 0.219. The first-order valence-electron chi connectivity index (χ1n) is 9.76. The molecule has 1 N–H and O–H groups in total. The van der Waals surface area contributed by atoms with E-state index in [4.69, 9.17) is 9.84 Å². The van der Waals surface area contributed by atoms with Crippen molar-refractivity contribution in [3.8, 4) is 0 Å². The van der Waals surface area contributed by atoms with E-state index in [0.29, 0.717) is 18.6 Å². The van der Waals surface area contributed by atoms with Crippen LogP contribution in [0.15, 0.2) is 12.2 Å². The predicted octanol–water partition coefficient (Wildman–Crippen LogP) is 5.88. The highest BCUT2D eigenvalue weighted by atomic mass is 16.6. The van der Waals surface area contributed by atoms with Crippen LogP contribution in [0.25, 0.3) is 0 Å². The fourth-order valence-corrected chi connectivity index (χ4v) is 3.02. The van der Waals surface area contributed by atoms with Crippen molar-refractivity contribution in [2.24, 2.45) is 0 Å². The van der Waals surface area contributed by atoms with Crippen molar-refractivity contribution >= 4 is 5.97 Å². The molecule has 2 atom stereocenters. The average Bonchev–Trinajstić information content (AvgIpc) is 3.27. The van der Waals surface area contributed by atoms with Gasteiger partial charge >= 0.3 is 5.97 Å². The number of carboxylic acids is 1. The largest absolute Gasteiger partial charge is 0.481 e. The summed E-state index contributed by atoms with van der Waals surface area (Å²) in [6, 6.07) is 0. The van der Waals surface area contributed by atoms with E-state index in [0.717, 1.165) is 25.7 Å². The minimum atomic E-state index is -0.675. The van der Waals surface area contributed by atoms with Crippen LogP contribution in [0, 0.1) is 0 Å². The second-order valence-corrected chi connectivity index (χ2v) is 6.81. The Hall–Kier alpha value is -0.830. The molecule has 0 radical (unpaired) electrons. The van der Waals surface area contributed by atoms with Crippen molar-refractivity contribution in [3.05, 3.63) is 12.2 Å². The minimum absolute atomic E-state index is 0.315. The Bertz CT molecular complexity index is 325. The number of unbranched alkanes of at least 4 members (excludes halogenated alkanes) is 8. The lowest BCUT2D eigenvalue weighted by molar-refractivity contribution is -0.137. The highest BCUT2D eigenvalue weighted by Gasteiger charge is 2.36. The Morgan fingerprint density at radius 1 is 0.870 bits per heavy atom. The molecular formula is C20H36O3. The smallest absolute Gasteiger partial charge is 0.303 e. The highest BCUT2D eigenvalue weighted by molar-refractivity contribution is 5.66. The first kappa shape index (κ1) is 20.2. The van der Waals surface area contributed by atoms with Crippen LogP contribution < -0.4 is 0 Å². The number of carbonyl (C=O) groups is 1. The van der Waals surface area contributed by atoms with Crippen molar-refractivity contribution in [3.63, 3.8) is 0 Å². The molecule has 3 nitrogen and oxygen atoms in total. The Balaban J connectivity index is 1.80. The molecule has 134 valence electrons. The number of aliphatic carboxylic acids is 1. The van der Waals surface area contributed by atoms with Gasteiger partial charge in [0, 0.05) is 6.42 Å². The topological polar surface area (TPSA) is 49.8 Å². The Kier molecular flexibility index (Phi) is 11.9. The molecule has 1 heterocycles. The summed E-state index contributed by atoms with van der Waals surface area (Å²) in [4.78, 5) is 10.4. The number of hydrogen-bond donors (Lipinski definition) is 1. The molecule has 0 aliphatic carbocycles. The molecule has 3 heteroatoms. The average molecular weight is 325 g/mol. The molecule has 0 unspecified atom stereocenters. The van der Waals surface area contributed by atoms with Gasteiger partial charge in [-0.2, -0.15) is 0 Å². The maximum atomic E-state index is 10.4. The first-order chi connectivity index (χ1) is 11.2. The maximum absolute atomic E-state index is 10.4. The summed E-state index contributed by atoms with van der Waals surface area (Å²) < 4.78 is 5.72. The summed E-state index contributed by atoms with van der Waals surface area (Å²) in [5.41, 5.74) is 0. The molecule has 0 aromatic rings. The molecule has 1 rings (SSSR count). The number of epoxide rings is 1. The second kappa shape index (κ2) is 13.6. The zero-order chi connectivity index (χ0) is 16.8. The van der Waals surface area contributed by atoms with Gasteiger partial charge in [-0.3, -0.25) is 4.79 Å². The van der Waals surface area contributed by atoms with Crippen LogP contribution in [0.1, 0.15) is 96.8 Å². The highest BCUT2D eigenvalue weighted by Crippen LogP contribution is 2.31. The van der Waals surface area contributed by atoms with E-state index in [9.17, 15) is 4.79 Å². The van der Waals surface area contributed by atoms with Crippen LogP contribution in [0.4, 0.5) is 0 Å². The van der Waals surface area contributed by atoms with Crippen LogP contribution in [0.2, 0.25) is 0 Å². The molecule has 0 amide bonds.